The van der Waals surface area contributed by atoms with Crippen molar-refractivity contribution in [2.75, 3.05) is 6.61 Å². The van der Waals surface area contributed by atoms with E-state index in [4.69, 9.17) is 9.72 Å². The van der Waals surface area contributed by atoms with E-state index in [1.807, 2.05) is 93.6 Å². The first-order chi connectivity index (χ1) is 16.5. The molecule has 6 heteroatoms. The Hall–Kier alpha value is -3.93. The van der Waals surface area contributed by atoms with Gasteiger partial charge in [-0.3, -0.25) is 14.2 Å². The molecule has 0 saturated heterocycles. The fraction of sp³-hybridized carbons (Fsp3) is 0.250. The van der Waals surface area contributed by atoms with E-state index in [0.29, 0.717) is 47.7 Å². The van der Waals surface area contributed by atoms with Crippen molar-refractivity contribution in [1.29, 1.82) is 0 Å². The lowest BCUT2D eigenvalue weighted by Crippen LogP contribution is -2.36. The second-order valence-electron chi connectivity index (χ2n) is 8.07. The second-order valence-corrected chi connectivity index (χ2v) is 8.07. The number of benzene rings is 3. The van der Waals surface area contributed by atoms with Gasteiger partial charge < -0.3 is 9.64 Å². The fourth-order valence-electron chi connectivity index (χ4n) is 4.15. The summed E-state index contributed by atoms with van der Waals surface area (Å²) in [5.74, 6) is 1.08. The normalized spacial score (nSPS) is 11.9. The van der Waals surface area contributed by atoms with E-state index in [2.05, 4.69) is 0 Å². The molecule has 3 aromatic carbocycles. The standard InChI is InChI=1S/C28H29N3O3/c1-4-26(32)30(19-21-13-7-6-8-14-21)20(3)27-29-23-16-10-9-15-22(23)28(33)31(27)24-17-11-12-18-25(24)34-5-2/h6-18,20H,4-5,19H2,1-3H3. The summed E-state index contributed by atoms with van der Waals surface area (Å²) in [6.07, 6.45) is 0.352. The minimum atomic E-state index is -0.459. The van der Waals surface area contributed by atoms with E-state index < -0.39 is 6.04 Å². The summed E-state index contributed by atoms with van der Waals surface area (Å²) in [4.78, 5) is 33.6. The molecular weight excluding hydrogens is 426 g/mol. The van der Waals surface area contributed by atoms with Crippen LogP contribution in [0.5, 0.6) is 5.75 Å². The third-order valence-corrected chi connectivity index (χ3v) is 5.87. The van der Waals surface area contributed by atoms with Crippen LogP contribution in [0.25, 0.3) is 16.6 Å². The van der Waals surface area contributed by atoms with Crippen LogP contribution in [-0.4, -0.2) is 27.0 Å². The van der Waals surface area contributed by atoms with Crippen molar-refractivity contribution in [3.8, 4) is 11.4 Å². The van der Waals surface area contributed by atoms with Crippen LogP contribution in [0, 0.1) is 0 Å². The van der Waals surface area contributed by atoms with E-state index >= 15 is 0 Å². The highest BCUT2D eigenvalue weighted by atomic mass is 16.5. The Morgan fingerprint density at radius 3 is 2.38 bits per heavy atom. The minimum Gasteiger partial charge on any atom is -0.492 e. The van der Waals surface area contributed by atoms with E-state index in [1.54, 1.807) is 15.5 Å². The number of hydrogen-bond donors (Lipinski definition) is 0. The Balaban J connectivity index is 1.94. The predicted molar refractivity (Wildman–Crippen MR) is 134 cm³/mol. The molecule has 174 valence electrons. The topological polar surface area (TPSA) is 64.4 Å². The average Bonchev–Trinajstić information content (AvgIpc) is 2.88. The third-order valence-electron chi connectivity index (χ3n) is 5.87. The molecule has 4 aromatic rings. The number of aromatic nitrogens is 2. The number of hydrogen-bond acceptors (Lipinski definition) is 4. The Labute approximate surface area is 199 Å². The number of rotatable bonds is 8. The third kappa shape index (κ3) is 4.57. The van der Waals surface area contributed by atoms with Crippen molar-refractivity contribution in [3.05, 3.63) is 101 Å². The fourth-order valence-corrected chi connectivity index (χ4v) is 4.15. The van der Waals surface area contributed by atoms with Gasteiger partial charge in [-0.2, -0.15) is 0 Å². The quantitative estimate of drug-likeness (QED) is 0.362. The SMILES string of the molecule is CCOc1ccccc1-n1c(C(C)N(Cc2ccccc2)C(=O)CC)nc2ccccc2c1=O. The van der Waals surface area contributed by atoms with Crippen molar-refractivity contribution < 1.29 is 9.53 Å². The summed E-state index contributed by atoms with van der Waals surface area (Å²) in [6.45, 7) is 6.56. The summed E-state index contributed by atoms with van der Waals surface area (Å²) >= 11 is 0. The summed E-state index contributed by atoms with van der Waals surface area (Å²) in [5, 5.41) is 0.515. The van der Waals surface area contributed by atoms with E-state index in [0.717, 1.165) is 5.56 Å². The predicted octanol–water partition coefficient (Wildman–Crippen LogP) is 5.28. The van der Waals surface area contributed by atoms with Crippen LogP contribution in [0.2, 0.25) is 0 Å². The van der Waals surface area contributed by atoms with Gasteiger partial charge in [0.2, 0.25) is 5.91 Å². The Bertz CT molecular complexity index is 1350. The molecule has 1 unspecified atom stereocenters. The van der Waals surface area contributed by atoms with Crippen LogP contribution in [0.1, 0.15) is 44.6 Å². The molecule has 0 aliphatic heterocycles. The smallest absolute Gasteiger partial charge is 0.266 e. The summed E-state index contributed by atoms with van der Waals surface area (Å²) in [7, 11) is 0. The molecule has 0 N–H and O–H groups in total. The minimum absolute atomic E-state index is 0.0107. The van der Waals surface area contributed by atoms with Crippen molar-refractivity contribution in [2.45, 2.75) is 39.8 Å². The monoisotopic (exact) mass is 455 g/mol. The number of carbonyl (C=O) groups excluding carboxylic acids is 1. The number of ether oxygens (including phenoxy) is 1. The largest absolute Gasteiger partial charge is 0.492 e. The first kappa shape index (κ1) is 23.2. The molecular formula is C28H29N3O3. The molecule has 1 atom stereocenters. The summed E-state index contributed by atoms with van der Waals surface area (Å²) < 4.78 is 7.45. The van der Waals surface area contributed by atoms with Gasteiger partial charge in [-0.25, -0.2) is 4.98 Å². The highest BCUT2D eigenvalue weighted by Gasteiger charge is 2.27. The van der Waals surface area contributed by atoms with Crippen molar-refractivity contribution >= 4 is 16.8 Å². The van der Waals surface area contributed by atoms with Crippen LogP contribution in [0.3, 0.4) is 0 Å². The number of amides is 1. The van der Waals surface area contributed by atoms with Gasteiger partial charge >= 0.3 is 0 Å². The molecule has 1 amide bonds. The lowest BCUT2D eigenvalue weighted by atomic mass is 10.1. The van der Waals surface area contributed by atoms with Gasteiger partial charge in [-0.15, -0.1) is 0 Å². The van der Waals surface area contributed by atoms with Gasteiger partial charge in [0.05, 0.1) is 29.2 Å². The average molecular weight is 456 g/mol. The van der Waals surface area contributed by atoms with Crippen molar-refractivity contribution in [1.82, 2.24) is 14.5 Å². The Kier molecular flexibility index (Phi) is 7.07. The van der Waals surface area contributed by atoms with Gasteiger partial charge in [0, 0.05) is 13.0 Å². The van der Waals surface area contributed by atoms with Crippen LogP contribution >= 0.6 is 0 Å². The Morgan fingerprint density at radius 2 is 1.65 bits per heavy atom. The maximum absolute atomic E-state index is 13.8. The lowest BCUT2D eigenvalue weighted by molar-refractivity contribution is -0.133. The number of nitrogens with zero attached hydrogens (tertiary/aromatic N) is 3. The van der Waals surface area contributed by atoms with Gasteiger partial charge in [0.15, 0.2) is 0 Å². The van der Waals surface area contributed by atoms with Crippen molar-refractivity contribution in [2.24, 2.45) is 0 Å². The van der Waals surface area contributed by atoms with E-state index in [1.165, 1.54) is 0 Å². The van der Waals surface area contributed by atoms with Crippen LogP contribution in [0.4, 0.5) is 0 Å². The van der Waals surface area contributed by atoms with Gasteiger partial charge in [-0.1, -0.05) is 61.5 Å². The molecule has 1 heterocycles. The molecule has 0 radical (unpaired) electrons. The number of para-hydroxylation sites is 3. The molecule has 1 aromatic heterocycles. The van der Waals surface area contributed by atoms with Gasteiger partial charge in [-0.05, 0) is 43.7 Å². The van der Waals surface area contributed by atoms with Crippen LogP contribution < -0.4 is 10.3 Å². The summed E-state index contributed by atoms with van der Waals surface area (Å²) in [5.41, 5.74) is 2.03. The second kappa shape index (κ2) is 10.3. The summed E-state index contributed by atoms with van der Waals surface area (Å²) in [6, 6.07) is 24.1. The molecule has 0 fully saturated rings. The zero-order chi connectivity index (χ0) is 24.1. The lowest BCUT2D eigenvalue weighted by Gasteiger charge is -2.31. The maximum Gasteiger partial charge on any atom is 0.266 e. The first-order valence-corrected chi connectivity index (χ1v) is 11.6. The number of carbonyl (C=O) groups is 1. The Morgan fingerprint density at radius 1 is 0.971 bits per heavy atom. The zero-order valence-electron chi connectivity index (χ0n) is 19.8. The molecule has 0 aliphatic rings. The van der Waals surface area contributed by atoms with Crippen molar-refractivity contribution in [3.63, 3.8) is 0 Å². The van der Waals surface area contributed by atoms with Crippen LogP contribution in [-0.2, 0) is 11.3 Å². The number of fused-ring (bicyclic) bond motifs is 1. The molecule has 0 bridgehead atoms. The molecule has 34 heavy (non-hydrogen) atoms. The molecule has 4 rings (SSSR count). The maximum atomic E-state index is 13.8. The highest BCUT2D eigenvalue weighted by molar-refractivity contribution is 5.79. The van der Waals surface area contributed by atoms with E-state index in [9.17, 15) is 9.59 Å². The molecule has 0 saturated carbocycles. The van der Waals surface area contributed by atoms with Gasteiger partial charge in [0.25, 0.3) is 5.56 Å². The zero-order valence-corrected chi connectivity index (χ0v) is 19.8. The molecule has 0 aliphatic carbocycles. The van der Waals surface area contributed by atoms with E-state index in [-0.39, 0.29) is 11.5 Å². The molecule has 0 spiro atoms. The first-order valence-electron chi connectivity index (χ1n) is 11.6. The molecule has 6 nitrogen and oxygen atoms in total. The highest BCUT2D eigenvalue weighted by Crippen LogP contribution is 2.29. The van der Waals surface area contributed by atoms with Crippen LogP contribution in [0.15, 0.2) is 83.7 Å². The van der Waals surface area contributed by atoms with Gasteiger partial charge in [0.1, 0.15) is 11.6 Å².